The average Bonchev–Trinajstić information content (AvgIpc) is 3.12. The number of hydrogen-bond donors (Lipinski definition) is 1. The van der Waals surface area contributed by atoms with Gasteiger partial charge in [0, 0.05) is 6.61 Å². The molecule has 4 aromatic carbocycles. The highest BCUT2D eigenvalue weighted by molar-refractivity contribution is 5.86. The fraction of sp³-hybridized carbons (Fsp3) is 0.200. The maximum Gasteiger partial charge on any atom is 0.0713 e. The summed E-state index contributed by atoms with van der Waals surface area (Å²) in [7, 11) is 0. The molecule has 0 saturated carbocycles. The van der Waals surface area contributed by atoms with Crippen molar-refractivity contribution >= 4 is 0 Å². The number of benzene rings is 4. The molecule has 0 spiro atoms. The van der Waals surface area contributed by atoms with Crippen LogP contribution < -0.4 is 0 Å². The predicted octanol–water partition coefficient (Wildman–Crippen LogP) is 6.54. The zero-order valence-corrected chi connectivity index (χ0v) is 18.0. The molecule has 1 aliphatic rings. The largest absolute Gasteiger partial charge is 0.396 e. The van der Waals surface area contributed by atoms with E-state index in [1.54, 1.807) is 0 Å². The molecule has 0 heterocycles. The van der Waals surface area contributed by atoms with Crippen LogP contribution in [0.25, 0.3) is 11.1 Å². The van der Waals surface area contributed by atoms with Crippen molar-refractivity contribution < 1.29 is 5.11 Å². The van der Waals surface area contributed by atoms with Crippen molar-refractivity contribution in [2.24, 2.45) is 0 Å². The van der Waals surface area contributed by atoms with Crippen molar-refractivity contribution in [3.8, 4) is 11.1 Å². The zero-order valence-electron chi connectivity index (χ0n) is 18.0. The van der Waals surface area contributed by atoms with E-state index in [1.807, 2.05) is 0 Å². The highest BCUT2D eigenvalue weighted by Crippen LogP contribution is 2.55. The van der Waals surface area contributed by atoms with Crippen LogP contribution in [-0.4, -0.2) is 11.7 Å². The van der Waals surface area contributed by atoms with Gasteiger partial charge < -0.3 is 5.11 Å². The smallest absolute Gasteiger partial charge is 0.0713 e. The fourth-order valence-electron chi connectivity index (χ4n) is 5.28. The van der Waals surface area contributed by atoms with E-state index in [0.717, 1.165) is 12.8 Å². The lowest BCUT2D eigenvalue weighted by Crippen LogP contribution is -2.28. The van der Waals surface area contributed by atoms with Gasteiger partial charge in [-0.25, -0.2) is 0 Å². The Bertz CT molecular complexity index is 1090. The van der Waals surface area contributed by atoms with E-state index in [9.17, 15) is 5.11 Å². The van der Waals surface area contributed by atoms with Gasteiger partial charge in [-0.3, -0.25) is 0 Å². The molecule has 1 heteroatoms. The summed E-state index contributed by atoms with van der Waals surface area (Å²) in [6, 6.07) is 35.8. The number of aliphatic hydroxyl groups is 1. The molecule has 0 atom stereocenters. The van der Waals surface area contributed by atoms with E-state index in [4.69, 9.17) is 0 Å². The third-order valence-corrected chi connectivity index (χ3v) is 6.67. The van der Waals surface area contributed by atoms with Gasteiger partial charge in [0.1, 0.15) is 0 Å². The number of aliphatic hydroxyl groups excluding tert-OH is 1. The van der Waals surface area contributed by atoms with E-state index in [0.29, 0.717) is 6.42 Å². The molecule has 5 rings (SSSR count). The molecule has 31 heavy (non-hydrogen) atoms. The van der Waals surface area contributed by atoms with E-state index >= 15 is 0 Å². The van der Waals surface area contributed by atoms with Crippen LogP contribution in [-0.2, 0) is 18.3 Å². The second-order valence-electron chi connectivity index (χ2n) is 8.46. The lowest BCUT2D eigenvalue weighted by molar-refractivity contribution is 0.299. The number of aryl methyl sites for hydroxylation is 1. The Labute approximate surface area is 185 Å². The van der Waals surface area contributed by atoms with Crippen LogP contribution in [0.1, 0.15) is 46.7 Å². The van der Waals surface area contributed by atoms with Crippen LogP contribution in [0.5, 0.6) is 0 Å². The molecule has 1 aliphatic carbocycles. The van der Waals surface area contributed by atoms with Crippen LogP contribution in [0, 0.1) is 0 Å². The molecule has 0 amide bonds. The van der Waals surface area contributed by atoms with Gasteiger partial charge >= 0.3 is 0 Å². The van der Waals surface area contributed by atoms with E-state index in [2.05, 4.69) is 104 Å². The molecule has 0 unspecified atom stereocenters. The zero-order chi connectivity index (χ0) is 21.3. The van der Waals surface area contributed by atoms with Crippen LogP contribution in [0.3, 0.4) is 0 Å². The summed E-state index contributed by atoms with van der Waals surface area (Å²) in [5, 5.41) is 9.36. The Balaban J connectivity index is 1.80. The molecule has 0 aliphatic heterocycles. The van der Waals surface area contributed by atoms with Gasteiger partial charge in [-0.15, -0.1) is 0 Å². The highest BCUT2D eigenvalue weighted by atomic mass is 16.2. The molecule has 0 saturated heterocycles. The maximum atomic E-state index is 9.36. The second kappa shape index (κ2) is 8.17. The van der Waals surface area contributed by atoms with Crippen LogP contribution in [0.2, 0.25) is 0 Å². The van der Waals surface area contributed by atoms with Gasteiger partial charge in [-0.2, -0.15) is 0 Å². The highest BCUT2D eigenvalue weighted by Gasteiger charge is 2.45. The van der Waals surface area contributed by atoms with Crippen molar-refractivity contribution in [1.29, 1.82) is 0 Å². The van der Waals surface area contributed by atoms with E-state index in [-0.39, 0.29) is 12.0 Å². The molecular weight excluding hydrogens is 376 g/mol. The molecule has 0 radical (unpaired) electrons. The van der Waals surface area contributed by atoms with Gasteiger partial charge in [-0.1, -0.05) is 110 Å². The molecule has 4 aromatic rings. The number of rotatable bonds is 6. The molecule has 0 fully saturated rings. The minimum Gasteiger partial charge on any atom is -0.396 e. The van der Waals surface area contributed by atoms with E-state index < -0.39 is 0 Å². The van der Waals surface area contributed by atoms with Crippen LogP contribution >= 0.6 is 0 Å². The minimum absolute atomic E-state index is 0.176. The predicted molar refractivity (Wildman–Crippen MR) is 129 cm³/mol. The molecule has 1 nitrogen and oxygen atoms in total. The molecule has 154 valence electrons. The van der Waals surface area contributed by atoms with Gasteiger partial charge in [0.05, 0.1) is 5.41 Å². The summed E-state index contributed by atoms with van der Waals surface area (Å²) in [6.45, 7) is 2.40. The maximum absolute atomic E-state index is 9.36. The van der Waals surface area contributed by atoms with Crippen molar-refractivity contribution in [3.63, 3.8) is 0 Å². The van der Waals surface area contributed by atoms with Crippen molar-refractivity contribution in [3.05, 3.63) is 130 Å². The summed E-state index contributed by atoms with van der Waals surface area (Å²) in [5.74, 6) is 0. The molecule has 0 aromatic heterocycles. The Kier molecular flexibility index (Phi) is 5.21. The van der Waals surface area contributed by atoms with Crippen molar-refractivity contribution in [2.45, 2.75) is 31.6 Å². The summed E-state index contributed by atoms with van der Waals surface area (Å²) < 4.78 is 0. The topological polar surface area (TPSA) is 20.2 Å². The van der Waals surface area contributed by atoms with Crippen LogP contribution in [0.4, 0.5) is 0 Å². The number of hydrogen-bond acceptors (Lipinski definition) is 1. The summed E-state index contributed by atoms with van der Waals surface area (Å²) in [6.07, 6.45) is 2.95. The normalized spacial score (nSPS) is 13.6. The first-order chi connectivity index (χ1) is 15.3. The minimum atomic E-state index is -0.338. The summed E-state index contributed by atoms with van der Waals surface area (Å²) in [5.41, 5.74) is 10.1. The summed E-state index contributed by atoms with van der Waals surface area (Å²) >= 11 is 0. The lowest BCUT2D eigenvalue weighted by atomic mass is 9.67. The van der Waals surface area contributed by atoms with Gasteiger partial charge in [-0.05, 0) is 57.3 Å². The Morgan fingerprint density at radius 1 is 0.581 bits per heavy atom. The van der Waals surface area contributed by atoms with Crippen molar-refractivity contribution in [1.82, 2.24) is 0 Å². The SMILES string of the molecule is CCCc1ccc(C2(c3ccc(CCO)cc3)c3ccccc3-c3ccccc32)cc1. The first kappa shape index (κ1) is 19.8. The first-order valence-electron chi connectivity index (χ1n) is 11.3. The lowest BCUT2D eigenvalue weighted by Gasteiger charge is -2.34. The van der Waals surface area contributed by atoms with Gasteiger partial charge in [0.15, 0.2) is 0 Å². The third-order valence-electron chi connectivity index (χ3n) is 6.67. The molecule has 0 bridgehead atoms. The van der Waals surface area contributed by atoms with Crippen LogP contribution in [0.15, 0.2) is 97.1 Å². The Morgan fingerprint density at radius 2 is 1.03 bits per heavy atom. The quantitative estimate of drug-likeness (QED) is 0.341. The average molecular weight is 405 g/mol. The van der Waals surface area contributed by atoms with Crippen molar-refractivity contribution in [2.75, 3.05) is 6.61 Å². The first-order valence-corrected chi connectivity index (χ1v) is 11.3. The fourth-order valence-corrected chi connectivity index (χ4v) is 5.28. The Morgan fingerprint density at radius 3 is 1.48 bits per heavy atom. The molecule has 1 N–H and O–H groups in total. The Hall–Kier alpha value is -3.16. The monoisotopic (exact) mass is 404 g/mol. The van der Waals surface area contributed by atoms with Gasteiger partial charge in [0.25, 0.3) is 0 Å². The molecular formula is C30H28O. The number of fused-ring (bicyclic) bond motifs is 3. The standard InChI is InChI=1S/C30H28O/c1-2-7-22-12-16-24(17-13-22)30(25-18-14-23(15-19-25)20-21-31)28-10-5-3-8-26(28)27-9-4-6-11-29(27)30/h3-6,8-19,31H,2,7,20-21H2,1H3. The second-order valence-corrected chi connectivity index (χ2v) is 8.46. The van der Waals surface area contributed by atoms with Gasteiger partial charge in [0.2, 0.25) is 0 Å². The third kappa shape index (κ3) is 3.12. The van der Waals surface area contributed by atoms with E-state index in [1.165, 1.54) is 44.5 Å². The summed E-state index contributed by atoms with van der Waals surface area (Å²) in [4.78, 5) is 0.